The highest BCUT2D eigenvalue weighted by Crippen LogP contribution is 2.28. The molecule has 2 aliphatic rings. The molecule has 124 valence electrons. The number of hydrogen-bond acceptors (Lipinski definition) is 3. The number of ether oxygens (including phenoxy) is 1. The van der Waals surface area contributed by atoms with Crippen LogP contribution in [-0.2, 0) is 24.1 Å². The summed E-state index contributed by atoms with van der Waals surface area (Å²) in [5.74, 6) is 0.947. The molecule has 0 radical (unpaired) electrons. The third-order valence-corrected chi connectivity index (χ3v) is 4.79. The van der Waals surface area contributed by atoms with Gasteiger partial charge in [-0.2, -0.15) is 0 Å². The quantitative estimate of drug-likeness (QED) is 0.908. The molecule has 1 amide bonds. The molecule has 5 heteroatoms. The molecule has 2 N–H and O–H groups in total. The van der Waals surface area contributed by atoms with Crippen molar-refractivity contribution >= 4 is 5.91 Å². The number of fused-ring (bicyclic) bond motifs is 2. The molecule has 0 saturated carbocycles. The van der Waals surface area contributed by atoms with Crippen molar-refractivity contribution in [2.75, 3.05) is 6.61 Å². The summed E-state index contributed by atoms with van der Waals surface area (Å²) >= 11 is 0. The van der Waals surface area contributed by atoms with Crippen LogP contribution in [0.5, 0.6) is 5.75 Å². The third-order valence-electron chi connectivity index (χ3n) is 4.79. The fraction of sp³-hybridized carbons (Fsp3) is 0.368. The lowest BCUT2D eigenvalue weighted by molar-refractivity contribution is -0.121. The van der Waals surface area contributed by atoms with Gasteiger partial charge in [0.1, 0.15) is 5.75 Å². The maximum atomic E-state index is 12.4. The Morgan fingerprint density at radius 1 is 1.25 bits per heavy atom. The SMILES string of the molecule is O=C(Cc1ccc2c(c1)CCO2)NC1CCCc2[nH]c(=O)ccc21. The number of benzene rings is 1. The molecule has 0 spiro atoms. The lowest BCUT2D eigenvalue weighted by Gasteiger charge is -2.26. The average molecular weight is 324 g/mol. The van der Waals surface area contributed by atoms with Crippen LogP contribution >= 0.6 is 0 Å². The van der Waals surface area contributed by atoms with Gasteiger partial charge in [0, 0.05) is 18.2 Å². The predicted octanol–water partition coefficient (Wildman–Crippen LogP) is 2.05. The Bertz CT molecular complexity index is 841. The van der Waals surface area contributed by atoms with Crippen molar-refractivity contribution in [3.8, 4) is 5.75 Å². The number of aromatic nitrogens is 1. The smallest absolute Gasteiger partial charge is 0.248 e. The van der Waals surface area contributed by atoms with Gasteiger partial charge in [-0.25, -0.2) is 0 Å². The summed E-state index contributed by atoms with van der Waals surface area (Å²) in [6.07, 6.45) is 4.01. The number of carbonyl (C=O) groups excluding carboxylic acids is 1. The van der Waals surface area contributed by atoms with Gasteiger partial charge < -0.3 is 15.0 Å². The number of rotatable bonds is 3. The van der Waals surface area contributed by atoms with Crippen LogP contribution in [0, 0.1) is 0 Å². The Kier molecular flexibility index (Phi) is 3.84. The van der Waals surface area contributed by atoms with Gasteiger partial charge in [-0.1, -0.05) is 12.1 Å². The first-order valence-electron chi connectivity index (χ1n) is 8.45. The van der Waals surface area contributed by atoms with Gasteiger partial charge in [0.15, 0.2) is 0 Å². The molecule has 0 bridgehead atoms. The number of aromatic amines is 1. The van der Waals surface area contributed by atoms with E-state index in [0.29, 0.717) is 6.42 Å². The van der Waals surface area contributed by atoms with Gasteiger partial charge in [-0.3, -0.25) is 9.59 Å². The van der Waals surface area contributed by atoms with E-state index in [2.05, 4.69) is 16.4 Å². The summed E-state index contributed by atoms with van der Waals surface area (Å²) in [6, 6.07) is 9.32. The minimum Gasteiger partial charge on any atom is -0.493 e. The maximum Gasteiger partial charge on any atom is 0.248 e. The molecular formula is C19H20N2O3. The van der Waals surface area contributed by atoms with Gasteiger partial charge in [0.05, 0.1) is 19.1 Å². The van der Waals surface area contributed by atoms with Crippen molar-refractivity contribution in [1.29, 1.82) is 0 Å². The zero-order valence-electron chi connectivity index (χ0n) is 13.4. The fourth-order valence-corrected chi connectivity index (χ4v) is 3.63. The van der Waals surface area contributed by atoms with Gasteiger partial charge in [-0.05, 0) is 48.1 Å². The molecule has 2 heterocycles. The van der Waals surface area contributed by atoms with Crippen LogP contribution in [0.25, 0.3) is 0 Å². The molecule has 1 aromatic heterocycles. The largest absolute Gasteiger partial charge is 0.493 e. The first-order valence-corrected chi connectivity index (χ1v) is 8.45. The number of nitrogens with one attached hydrogen (secondary N) is 2. The Morgan fingerprint density at radius 2 is 2.17 bits per heavy atom. The van der Waals surface area contributed by atoms with Crippen LogP contribution in [0.1, 0.15) is 41.3 Å². The molecule has 4 rings (SSSR count). The number of H-pyrrole nitrogens is 1. The topological polar surface area (TPSA) is 71.2 Å². The molecule has 1 aliphatic heterocycles. The van der Waals surface area contributed by atoms with Crippen LogP contribution in [0.4, 0.5) is 0 Å². The second kappa shape index (κ2) is 6.15. The summed E-state index contributed by atoms with van der Waals surface area (Å²) < 4.78 is 5.50. The van der Waals surface area contributed by atoms with Gasteiger partial charge in [0.25, 0.3) is 0 Å². The second-order valence-corrected chi connectivity index (χ2v) is 6.49. The van der Waals surface area contributed by atoms with E-state index < -0.39 is 0 Å². The van der Waals surface area contributed by atoms with Gasteiger partial charge >= 0.3 is 0 Å². The summed E-state index contributed by atoms with van der Waals surface area (Å²) in [7, 11) is 0. The van der Waals surface area contributed by atoms with Gasteiger partial charge in [-0.15, -0.1) is 0 Å². The molecular weight excluding hydrogens is 304 g/mol. The van der Waals surface area contributed by atoms with E-state index >= 15 is 0 Å². The van der Waals surface area contributed by atoms with Crippen LogP contribution in [0.15, 0.2) is 35.1 Å². The van der Waals surface area contributed by atoms with Crippen molar-refractivity contribution in [3.63, 3.8) is 0 Å². The van der Waals surface area contributed by atoms with Crippen molar-refractivity contribution in [2.24, 2.45) is 0 Å². The summed E-state index contributed by atoms with van der Waals surface area (Å²) in [5, 5.41) is 3.12. The van der Waals surface area contributed by atoms with Crippen LogP contribution in [0.2, 0.25) is 0 Å². The molecule has 1 unspecified atom stereocenters. The molecule has 1 atom stereocenters. The third kappa shape index (κ3) is 2.94. The van der Waals surface area contributed by atoms with E-state index in [-0.39, 0.29) is 17.5 Å². The Hall–Kier alpha value is -2.56. The van der Waals surface area contributed by atoms with Crippen LogP contribution in [-0.4, -0.2) is 17.5 Å². The van der Waals surface area contributed by atoms with Gasteiger partial charge in [0.2, 0.25) is 11.5 Å². The standard InChI is InChI=1S/C19H20N2O3/c22-18-7-5-14-15(20-18)2-1-3-16(14)21-19(23)11-12-4-6-17-13(10-12)8-9-24-17/h4-7,10,16H,1-3,8-9,11H2,(H,20,22)(H,21,23). The molecule has 5 nitrogen and oxygen atoms in total. The first kappa shape index (κ1) is 15.0. The Morgan fingerprint density at radius 3 is 3.08 bits per heavy atom. The summed E-state index contributed by atoms with van der Waals surface area (Å²) in [5.41, 5.74) is 4.10. The summed E-state index contributed by atoms with van der Waals surface area (Å²) in [4.78, 5) is 26.8. The average Bonchev–Trinajstić information content (AvgIpc) is 3.02. The summed E-state index contributed by atoms with van der Waals surface area (Å²) in [6.45, 7) is 0.724. The molecule has 0 saturated heterocycles. The van der Waals surface area contributed by atoms with E-state index in [0.717, 1.165) is 54.9 Å². The van der Waals surface area contributed by atoms with Crippen LogP contribution in [0.3, 0.4) is 0 Å². The van der Waals surface area contributed by atoms with Crippen molar-refractivity contribution in [1.82, 2.24) is 10.3 Å². The highest BCUT2D eigenvalue weighted by atomic mass is 16.5. The molecule has 1 aliphatic carbocycles. The molecule has 24 heavy (non-hydrogen) atoms. The molecule has 1 aromatic carbocycles. The van der Waals surface area contributed by atoms with E-state index in [1.165, 1.54) is 11.6 Å². The number of aryl methyl sites for hydroxylation is 1. The van der Waals surface area contributed by atoms with E-state index in [4.69, 9.17) is 4.74 Å². The number of carbonyl (C=O) groups is 1. The monoisotopic (exact) mass is 324 g/mol. The van der Waals surface area contributed by atoms with Crippen molar-refractivity contribution < 1.29 is 9.53 Å². The highest BCUT2D eigenvalue weighted by molar-refractivity contribution is 5.79. The van der Waals surface area contributed by atoms with Crippen LogP contribution < -0.4 is 15.6 Å². The normalized spacial score (nSPS) is 18.4. The zero-order valence-corrected chi connectivity index (χ0v) is 13.4. The van der Waals surface area contributed by atoms with E-state index in [1.807, 2.05) is 18.2 Å². The second-order valence-electron chi connectivity index (χ2n) is 6.49. The number of hydrogen-bond donors (Lipinski definition) is 2. The maximum absolute atomic E-state index is 12.4. The molecule has 2 aromatic rings. The minimum absolute atomic E-state index is 0.0120. The minimum atomic E-state index is -0.0823. The highest BCUT2D eigenvalue weighted by Gasteiger charge is 2.22. The van der Waals surface area contributed by atoms with Crippen molar-refractivity contribution in [3.05, 3.63) is 63.1 Å². The molecule has 0 fully saturated rings. The zero-order chi connectivity index (χ0) is 16.5. The Labute approximate surface area is 140 Å². The number of amides is 1. The lowest BCUT2D eigenvalue weighted by atomic mass is 9.91. The van der Waals surface area contributed by atoms with Crippen molar-refractivity contribution in [2.45, 2.75) is 38.1 Å². The number of pyridine rings is 1. The fourth-order valence-electron chi connectivity index (χ4n) is 3.63. The van der Waals surface area contributed by atoms with E-state index in [9.17, 15) is 9.59 Å². The Balaban J connectivity index is 1.46. The predicted molar refractivity (Wildman–Crippen MR) is 90.2 cm³/mol. The first-order chi connectivity index (χ1) is 11.7. The lowest BCUT2D eigenvalue weighted by Crippen LogP contribution is -2.33. The van der Waals surface area contributed by atoms with E-state index in [1.54, 1.807) is 0 Å².